The van der Waals surface area contributed by atoms with E-state index in [-0.39, 0.29) is 10.8 Å². The number of hydrogen-bond acceptors (Lipinski definition) is 6. The van der Waals surface area contributed by atoms with Crippen LogP contribution in [0, 0.1) is 0 Å². The summed E-state index contributed by atoms with van der Waals surface area (Å²) >= 11 is 12.7. The van der Waals surface area contributed by atoms with Crippen molar-refractivity contribution >= 4 is 57.6 Å². The number of nitrogens with zero attached hydrogens (tertiary/aromatic N) is 4. The molecule has 100 valence electrons. The van der Waals surface area contributed by atoms with Crippen molar-refractivity contribution in [3.8, 4) is 0 Å². The van der Waals surface area contributed by atoms with E-state index >= 15 is 0 Å². The topological polar surface area (TPSA) is 80.7 Å². The molecule has 0 aliphatic heterocycles. The van der Waals surface area contributed by atoms with Crippen molar-refractivity contribution in [1.82, 2.24) is 18.9 Å². The summed E-state index contributed by atoms with van der Waals surface area (Å²) in [5, 5.41) is 10.6. The van der Waals surface area contributed by atoms with E-state index in [0.717, 1.165) is 11.7 Å². The smallest absolute Gasteiger partial charge is 0.276 e. The SMILES string of the molecule is O=C(Nc1c(Cl)ccc2nsnc12)c1ccc(Cl)nn1. The zero-order valence-corrected chi connectivity index (χ0v) is 12.0. The number of nitrogens with one attached hydrogen (secondary N) is 1. The van der Waals surface area contributed by atoms with Crippen molar-refractivity contribution in [2.24, 2.45) is 0 Å². The molecular weight excluding hydrogens is 321 g/mol. The van der Waals surface area contributed by atoms with E-state index in [4.69, 9.17) is 23.2 Å². The van der Waals surface area contributed by atoms with Gasteiger partial charge in [-0.2, -0.15) is 8.75 Å². The lowest BCUT2D eigenvalue weighted by molar-refractivity contribution is 0.102. The van der Waals surface area contributed by atoms with E-state index in [2.05, 4.69) is 24.3 Å². The van der Waals surface area contributed by atoms with Gasteiger partial charge in [-0.05, 0) is 24.3 Å². The van der Waals surface area contributed by atoms with E-state index in [1.165, 1.54) is 12.1 Å². The molecule has 0 aliphatic carbocycles. The first-order valence-corrected chi connectivity index (χ1v) is 6.85. The van der Waals surface area contributed by atoms with Gasteiger partial charge in [0.2, 0.25) is 0 Å². The van der Waals surface area contributed by atoms with Crippen LogP contribution < -0.4 is 5.32 Å². The van der Waals surface area contributed by atoms with Crippen molar-refractivity contribution in [1.29, 1.82) is 0 Å². The molecule has 6 nitrogen and oxygen atoms in total. The fourth-order valence-electron chi connectivity index (χ4n) is 1.56. The molecule has 0 radical (unpaired) electrons. The molecule has 0 saturated heterocycles. The minimum Gasteiger partial charge on any atom is -0.317 e. The Bertz CT molecular complexity index is 789. The molecule has 2 heterocycles. The van der Waals surface area contributed by atoms with Crippen LogP contribution in [0.4, 0.5) is 5.69 Å². The minimum atomic E-state index is -0.448. The zero-order valence-electron chi connectivity index (χ0n) is 9.67. The first-order valence-electron chi connectivity index (χ1n) is 5.36. The van der Waals surface area contributed by atoms with Crippen molar-refractivity contribution in [3.05, 3.63) is 40.1 Å². The highest BCUT2D eigenvalue weighted by atomic mass is 35.5. The van der Waals surface area contributed by atoms with Gasteiger partial charge in [-0.25, -0.2) is 0 Å². The number of fused-ring (bicyclic) bond motifs is 1. The van der Waals surface area contributed by atoms with Gasteiger partial charge in [0.1, 0.15) is 11.0 Å². The molecule has 3 aromatic rings. The number of benzene rings is 1. The Morgan fingerprint density at radius 2 is 1.95 bits per heavy atom. The lowest BCUT2D eigenvalue weighted by atomic mass is 10.2. The molecule has 20 heavy (non-hydrogen) atoms. The summed E-state index contributed by atoms with van der Waals surface area (Å²) in [4.78, 5) is 12.1. The molecule has 3 rings (SSSR count). The van der Waals surface area contributed by atoms with Crippen LogP contribution in [0.5, 0.6) is 0 Å². The number of carbonyl (C=O) groups excluding carboxylic acids is 1. The molecule has 1 aromatic carbocycles. The molecular formula is C11H5Cl2N5OS. The van der Waals surface area contributed by atoms with E-state index in [1.807, 2.05) is 0 Å². The molecule has 0 atom stereocenters. The zero-order chi connectivity index (χ0) is 14.1. The van der Waals surface area contributed by atoms with Gasteiger partial charge in [0, 0.05) is 0 Å². The fourth-order valence-corrected chi connectivity index (χ4v) is 2.40. The third kappa shape index (κ3) is 2.43. The predicted molar refractivity (Wildman–Crippen MR) is 77.4 cm³/mol. The monoisotopic (exact) mass is 325 g/mol. The Balaban J connectivity index is 1.96. The van der Waals surface area contributed by atoms with Crippen LogP contribution in [0.15, 0.2) is 24.3 Å². The highest BCUT2D eigenvalue weighted by Gasteiger charge is 2.15. The molecule has 0 bridgehead atoms. The molecule has 0 aliphatic rings. The van der Waals surface area contributed by atoms with Crippen molar-refractivity contribution in [3.63, 3.8) is 0 Å². The Kier molecular flexibility index (Phi) is 3.47. The van der Waals surface area contributed by atoms with Gasteiger partial charge in [0.15, 0.2) is 10.8 Å². The Morgan fingerprint density at radius 1 is 1.10 bits per heavy atom. The summed E-state index contributed by atoms with van der Waals surface area (Å²) in [5.41, 5.74) is 1.74. The first kappa shape index (κ1) is 13.2. The predicted octanol–water partition coefficient (Wildman–Crippen LogP) is 3.04. The third-order valence-electron chi connectivity index (χ3n) is 2.48. The van der Waals surface area contributed by atoms with Gasteiger partial charge in [-0.3, -0.25) is 4.79 Å². The number of anilines is 1. The molecule has 2 aromatic heterocycles. The molecule has 0 saturated carbocycles. The molecule has 9 heteroatoms. The number of hydrogen-bond donors (Lipinski definition) is 1. The lowest BCUT2D eigenvalue weighted by Crippen LogP contribution is -2.14. The van der Waals surface area contributed by atoms with Crippen molar-refractivity contribution in [2.75, 3.05) is 5.32 Å². The van der Waals surface area contributed by atoms with Gasteiger partial charge in [-0.15, -0.1) is 10.2 Å². The van der Waals surface area contributed by atoms with Gasteiger partial charge >= 0.3 is 0 Å². The van der Waals surface area contributed by atoms with Crippen LogP contribution in [0.3, 0.4) is 0 Å². The Hall–Kier alpha value is -1.83. The largest absolute Gasteiger partial charge is 0.317 e. The second-order valence-corrected chi connectivity index (χ2v) is 5.07. The number of amides is 1. The normalized spacial score (nSPS) is 10.7. The Morgan fingerprint density at radius 3 is 2.70 bits per heavy atom. The average molecular weight is 326 g/mol. The molecule has 1 N–H and O–H groups in total. The number of aromatic nitrogens is 4. The number of carbonyl (C=O) groups is 1. The second-order valence-electron chi connectivity index (χ2n) is 3.75. The van der Waals surface area contributed by atoms with Crippen molar-refractivity contribution in [2.45, 2.75) is 0 Å². The summed E-state index contributed by atoms with van der Waals surface area (Å²) in [5.74, 6) is -0.448. The average Bonchev–Trinajstić information content (AvgIpc) is 2.91. The summed E-state index contributed by atoms with van der Waals surface area (Å²) < 4.78 is 8.20. The highest BCUT2D eigenvalue weighted by Crippen LogP contribution is 2.30. The van der Waals surface area contributed by atoms with E-state index < -0.39 is 5.91 Å². The maximum atomic E-state index is 12.1. The minimum absolute atomic E-state index is 0.130. The first-order chi connectivity index (χ1) is 9.65. The van der Waals surface area contributed by atoms with Gasteiger partial charge in [-0.1, -0.05) is 23.2 Å². The molecule has 1 amide bonds. The van der Waals surface area contributed by atoms with Gasteiger partial charge < -0.3 is 5.32 Å². The number of halogens is 2. The third-order valence-corrected chi connectivity index (χ3v) is 3.54. The quantitative estimate of drug-likeness (QED) is 0.783. The van der Waals surface area contributed by atoms with E-state index in [1.54, 1.807) is 12.1 Å². The van der Waals surface area contributed by atoms with E-state index in [9.17, 15) is 4.79 Å². The standard InChI is InChI=1S/C11H5Cl2N5OS/c12-5-1-2-6-10(18-20-17-6)9(5)14-11(19)7-3-4-8(13)16-15-7/h1-4H,(H,14,19). The summed E-state index contributed by atoms with van der Waals surface area (Å²) in [6.45, 7) is 0. The van der Waals surface area contributed by atoms with Crippen LogP contribution in [-0.4, -0.2) is 24.9 Å². The van der Waals surface area contributed by atoms with Crippen LogP contribution in [0.1, 0.15) is 10.5 Å². The lowest BCUT2D eigenvalue weighted by Gasteiger charge is -2.06. The maximum absolute atomic E-state index is 12.1. The second kappa shape index (κ2) is 5.28. The maximum Gasteiger partial charge on any atom is 0.276 e. The van der Waals surface area contributed by atoms with Crippen LogP contribution >= 0.6 is 34.9 Å². The van der Waals surface area contributed by atoms with E-state index in [0.29, 0.717) is 21.7 Å². The highest BCUT2D eigenvalue weighted by molar-refractivity contribution is 7.00. The molecule has 0 spiro atoms. The summed E-state index contributed by atoms with van der Waals surface area (Å²) in [7, 11) is 0. The molecule has 0 unspecified atom stereocenters. The van der Waals surface area contributed by atoms with Crippen LogP contribution in [0.25, 0.3) is 11.0 Å². The Labute approximate surface area is 127 Å². The van der Waals surface area contributed by atoms with Crippen LogP contribution in [0.2, 0.25) is 10.2 Å². The molecule has 0 fully saturated rings. The number of rotatable bonds is 2. The van der Waals surface area contributed by atoms with Crippen LogP contribution in [-0.2, 0) is 0 Å². The van der Waals surface area contributed by atoms with Crippen molar-refractivity contribution < 1.29 is 4.79 Å². The fraction of sp³-hybridized carbons (Fsp3) is 0. The summed E-state index contributed by atoms with van der Waals surface area (Å²) in [6.07, 6.45) is 0. The van der Waals surface area contributed by atoms with Gasteiger partial charge in [0.05, 0.1) is 22.4 Å². The van der Waals surface area contributed by atoms with Gasteiger partial charge in [0.25, 0.3) is 5.91 Å². The summed E-state index contributed by atoms with van der Waals surface area (Å²) in [6, 6.07) is 6.33.